The van der Waals surface area contributed by atoms with Crippen molar-refractivity contribution >= 4 is 0 Å². The number of likely N-dealkylation sites (tertiary alicyclic amines) is 1. The van der Waals surface area contributed by atoms with Crippen molar-refractivity contribution in [3.63, 3.8) is 0 Å². The number of piperidine rings is 3. The molecule has 6 rings (SSSR count). The monoisotopic (exact) mass is 350 g/mol. The lowest BCUT2D eigenvalue weighted by molar-refractivity contribution is -0.00951. The van der Waals surface area contributed by atoms with E-state index in [4.69, 9.17) is 0 Å². The van der Waals surface area contributed by atoms with Gasteiger partial charge in [-0.2, -0.15) is 0 Å². The highest BCUT2D eigenvalue weighted by Crippen LogP contribution is 2.46. The maximum absolute atomic E-state index is 4.67. The molecule has 0 spiro atoms. The molecule has 0 aliphatic carbocycles. The van der Waals surface area contributed by atoms with Gasteiger partial charge in [0.1, 0.15) is 5.82 Å². The van der Waals surface area contributed by atoms with E-state index in [2.05, 4.69) is 63.7 Å². The van der Waals surface area contributed by atoms with Gasteiger partial charge >= 0.3 is 0 Å². The molecular weight excluding hydrogens is 320 g/mol. The van der Waals surface area contributed by atoms with Gasteiger partial charge in [0.15, 0.2) is 0 Å². The molecule has 5 heterocycles. The number of hydrogen-bond donors (Lipinski definition) is 0. The second-order valence-electron chi connectivity index (χ2n) is 8.43. The molecule has 0 radical (unpaired) electrons. The fourth-order valence-corrected chi connectivity index (χ4v) is 5.79. The molecule has 0 unspecified atom stereocenters. The number of aromatic nitrogens is 2. The van der Waals surface area contributed by atoms with Crippen molar-refractivity contribution in [1.82, 2.24) is 19.4 Å². The van der Waals surface area contributed by atoms with E-state index in [1.807, 2.05) is 6.20 Å². The third kappa shape index (κ3) is 2.62. The number of aryl methyl sites for hydroxylation is 2. The Hall–Kier alpha value is -1.65. The number of hydrogen-bond acceptors (Lipinski definition) is 3. The highest BCUT2D eigenvalue weighted by atomic mass is 15.3. The lowest BCUT2D eigenvalue weighted by Crippen LogP contribution is -2.60. The minimum Gasteiger partial charge on any atom is -0.334 e. The summed E-state index contributed by atoms with van der Waals surface area (Å²) in [6, 6.07) is 10.7. The number of nitrogens with zero attached hydrogens (tertiary/aromatic N) is 4. The van der Waals surface area contributed by atoms with E-state index in [0.29, 0.717) is 18.0 Å². The fourth-order valence-electron chi connectivity index (χ4n) is 5.79. The predicted molar refractivity (Wildman–Crippen MR) is 104 cm³/mol. The van der Waals surface area contributed by atoms with E-state index in [9.17, 15) is 0 Å². The summed E-state index contributed by atoms with van der Waals surface area (Å²) in [5.74, 6) is 2.73. The summed E-state index contributed by atoms with van der Waals surface area (Å²) < 4.78 is 2.30. The van der Waals surface area contributed by atoms with Crippen LogP contribution in [0.15, 0.2) is 36.7 Å². The minimum atomic E-state index is 0.633. The first-order valence-corrected chi connectivity index (χ1v) is 10.3. The van der Waals surface area contributed by atoms with Crippen LogP contribution in [0.5, 0.6) is 0 Å². The summed E-state index contributed by atoms with van der Waals surface area (Å²) in [6.07, 6.45) is 6.83. The van der Waals surface area contributed by atoms with Gasteiger partial charge in [-0.25, -0.2) is 4.98 Å². The van der Waals surface area contributed by atoms with Gasteiger partial charge in [0.2, 0.25) is 0 Å². The van der Waals surface area contributed by atoms with Crippen molar-refractivity contribution in [2.45, 2.75) is 57.8 Å². The topological polar surface area (TPSA) is 24.3 Å². The third-order valence-electron chi connectivity index (χ3n) is 7.09. The van der Waals surface area contributed by atoms with Gasteiger partial charge in [0.05, 0.1) is 6.54 Å². The molecule has 4 aliphatic rings. The molecule has 4 nitrogen and oxygen atoms in total. The van der Waals surface area contributed by atoms with Crippen molar-refractivity contribution in [3.8, 4) is 0 Å². The van der Waals surface area contributed by atoms with Crippen LogP contribution in [0.2, 0.25) is 0 Å². The Morgan fingerprint density at radius 1 is 1.08 bits per heavy atom. The van der Waals surface area contributed by atoms with E-state index in [-0.39, 0.29) is 0 Å². The molecule has 1 aromatic carbocycles. The molecule has 0 N–H and O–H groups in total. The number of fused-ring (bicyclic) bond motifs is 2. The largest absolute Gasteiger partial charge is 0.334 e. The van der Waals surface area contributed by atoms with E-state index in [1.165, 1.54) is 49.4 Å². The molecule has 4 fully saturated rings. The van der Waals surface area contributed by atoms with E-state index >= 15 is 0 Å². The Morgan fingerprint density at radius 3 is 2.58 bits per heavy atom. The predicted octanol–water partition coefficient (Wildman–Crippen LogP) is 3.27. The molecule has 0 amide bonds. The van der Waals surface area contributed by atoms with Gasteiger partial charge < -0.3 is 4.57 Å². The van der Waals surface area contributed by atoms with E-state index in [0.717, 1.165) is 19.0 Å². The van der Waals surface area contributed by atoms with Crippen molar-refractivity contribution in [2.24, 2.45) is 5.92 Å². The average molecular weight is 351 g/mol. The summed E-state index contributed by atoms with van der Waals surface area (Å²) in [7, 11) is 0. The second kappa shape index (κ2) is 6.50. The molecule has 138 valence electrons. The molecule has 0 saturated carbocycles. The maximum Gasteiger partial charge on any atom is 0.122 e. The van der Waals surface area contributed by atoms with Crippen LogP contribution in [0.3, 0.4) is 0 Å². The van der Waals surface area contributed by atoms with Crippen LogP contribution in [0.4, 0.5) is 0 Å². The first-order valence-electron chi connectivity index (χ1n) is 10.3. The van der Waals surface area contributed by atoms with Crippen LogP contribution >= 0.6 is 0 Å². The molecule has 26 heavy (non-hydrogen) atoms. The fraction of sp³-hybridized carbons (Fsp3) is 0.591. The van der Waals surface area contributed by atoms with Gasteiger partial charge in [-0.15, -0.1) is 0 Å². The number of rotatable bonds is 4. The van der Waals surface area contributed by atoms with E-state index < -0.39 is 0 Å². The summed E-state index contributed by atoms with van der Waals surface area (Å²) in [5.41, 5.74) is 2.88. The van der Waals surface area contributed by atoms with Gasteiger partial charge in [-0.3, -0.25) is 9.80 Å². The maximum atomic E-state index is 4.67. The molecule has 4 heteroatoms. The zero-order valence-electron chi connectivity index (χ0n) is 16.0. The molecule has 2 bridgehead atoms. The summed E-state index contributed by atoms with van der Waals surface area (Å²) in [4.78, 5) is 10.2. The van der Waals surface area contributed by atoms with Crippen LogP contribution in [-0.4, -0.2) is 51.1 Å². The van der Waals surface area contributed by atoms with Crippen molar-refractivity contribution < 1.29 is 0 Å². The first kappa shape index (κ1) is 16.5. The molecule has 4 aliphatic heterocycles. The normalized spacial score (nSPS) is 33.5. The summed E-state index contributed by atoms with van der Waals surface area (Å²) >= 11 is 0. The SMILES string of the molecule is CCn1ccnc1CN1C[C@@H](c2ccc(C)cc2)[C@H]2[C@@H]1C1CCN2CC1. The van der Waals surface area contributed by atoms with Crippen LogP contribution in [0.25, 0.3) is 0 Å². The third-order valence-corrected chi connectivity index (χ3v) is 7.09. The van der Waals surface area contributed by atoms with Crippen LogP contribution in [0.1, 0.15) is 42.6 Å². The quantitative estimate of drug-likeness (QED) is 0.846. The Bertz CT molecular complexity index is 757. The van der Waals surface area contributed by atoms with Crippen molar-refractivity contribution in [1.29, 1.82) is 0 Å². The summed E-state index contributed by atoms with van der Waals surface area (Å²) in [6.45, 7) is 10.2. The highest BCUT2D eigenvalue weighted by Gasteiger charge is 2.53. The highest BCUT2D eigenvalue weighted by molar-refractivity contribution is 5.29. The Kier molecular flexibility index (Phi) is 4.13. The Labute approximate surface area is 156 Å². The first-order chi connectivity index (χ1) is 12.7. The van der Waals surface area contributed by atoms with Gasteiger partial charge in [0, 0.05) is 43.5 Å². The lowest BCUT2D eigenvalue weighted by atomic mass is 9.75. The minimum absolute atomic E-state index is 0.633. The summed E-state index contributed by atoms with van der Waals surface area (Å²) in [5, 5.41) is 0. The van der Waals surface area contributed by atoms with Gasteiger partial charge in [0.25, 0.3) is 0 Å². The number of benzene rings is 1. The van der Waals surface area contributed by atoms with E-state index in [1.54, 1.807) is 0 Å². The molecule has 2 aromatic rings. The Balaban J connectivity index is 1.47. The Morgan fingerprint density at radius 2 is 1.85 bits per heavy atom. The van der Waals surface area contributed by atoms with Crippen LogP contribution in [-0.2, 0) is 13.1 Å². The zero-order valence-corrected chi connectivity index (χ0v) is 16.0. The average Bonchev–Trinajstić information content (AvgIpc) is 3.29. The second-order valence-corrected chi connectivity index (χ2v) is 8.43. The van der Waals surface area contributed by atoms with Crippen LogP contribution < -0.4 is 0 Å². The molecule has 3 atom stereocenters. The van der Waals surface area contributed by atoms with Gasteiger partial charge in [-0.1, -0.05) is 29.8 Å². The van der Waals surface area contributed by atoms with Crippen molar-refractivity contribution in [2.75, 3.05) is 19.6 Å². The molecule has 4 saturated heterocycles. The molecular formula is C22H30N4. The lowest BCUT2D eigenvalue weighted by Gasteiger charge is -2.51. The van der Waals surface area contributed by atoms with Gasteiger partial charge in [-0.05, 0) is 51.3 Å². The molecule has 1 aromatic heterocycles. The zero-order chi connectivity index (χ0) is 17.7. The smallest absolute Gasteiger partial charge is 0.122 e. The number of imidazole rings is 1. The standard InChI is InChI=1S/C22H30N4/c1-3-24-13-10-23-20(24)15-26-14-19(17-6-4-16(2)5-7-17)22-21(26)18-8-11-25(22)12-9-18/h4-7,10,13,18-19,21-22H,3,8-9,11-12,14-15H2,1-2H3/t19-,21-,22-/m0/s1. The van der Waals surface area contributed by atoms with Crippen molar-refractivity contribution in [3.05, 3.63) is 53.6 Å². The van der Waals surface area contributed by atoms with Crippen LogP contribution in [0, 0.1) is 12.8 Å².